The van der Waals surface area contributed by atoms with Gasteiger partial charge in [0.25, 0.3) is 0 Å². The predicted molar refractivity (Wildman–Crippen MR) is 330 cm³/mol. The molecule has 0 fully saturated rings. The first-order chi connectivity index (χ1) is 33.3. The first kappa shape index (κ1) is 51.9. The zero-order chi connectivity index (χ0) is 52.4. The van der Waals surface area contributed by atoms with Crippen LogP contribution in [0.4, 0.5) is 0 Å². The van der Waals surface area contributed by atoms with Crippen molar-refractivity contribution in [1.29, 1.82) is 0 Å². The molecule has 0 aromatic heterocycles. The van der Waals surface area contributed by atoms with Gasteiger partial charge in [-0.2, -0.15) is 0 Å². The van der Waals surface area contributed by atoms with E-state index < -0.39 is 0 Å². The number of hydrogen-bond donors (Lipinski definition) is 0. The van der Waals surface area contributed by atoms with E-state index in [1.807, 2.05) is 0 Å². The van der Waals surface area contributed by atoms with E-state index in [4.69, 9.17) is 0 Å². The minimum Gasteiger partial charge on any atom is -0.0573 e. The van der Waals surface area contributed by atoms with E-state index in [2.05, 4.69) is 290 Å². The van der Waals surface area contributed by atoms with Gasteiger partial charge in [0, 0.05) is 8.95 Å². The summed E-state index contributed by atoms with van der Waals surface area (Å²) in [5.41, 5.74) is 12.9. The molecule has 0 spiro atoms. The van der Waals surface area contributed by atoms with E-state index in [0.29, 0.717) is 0 Å². The highest BCUT2D eigenvalue weighted by Gasteiger charge is 2.26. The van der Waals surface area contributed by atoms with Crippen LogP contribution in [0, 0.1) is 0 Å². The molecule has 0 heterocycles. The number of halogens is 2. The molecule has 0 bridgehead atoms. The normalized spacial score (nSPS) is 13.7. The molecule has 0 atom stereocenters. The molecular weight excluding hydrogens is 1000 g/mol. The van der Waals surface area contributed by atoms with E-state index in [1.54, 1.807) is 0 Å². The van der Waals surface area contributed by atoms with Gasteiger partial charge in [-0.3, -0.25) is 0 Å². The number of benzene rings is 9. The summed E-state index contributed by atoms with van der Waals surface area (Å²) in [5, 5.41) is 15.5. The van der Waals surface area contributed by atoms with Crippen molar-refractivity contribution in [2.75, 3.05) is 0 Å². The molecule has 0 radical (unpaired) electrons. The summed E-state index contributed by atoms with van der Waals surface area (Å²) < 4.78 is 2.30. The van der Waals surface area contributed by atoms with Crippen molar-refractivity contribution in [1.82, 2.24) is 0 Å². The van der Waals surface area contributed by atoms with Gasteiger partial charge in [0.2, 0.25) is 0 Å². The third kappa shape index (κ3) is 9.66. The van der Waals surface area contributed by atoms with E-state index in [1.165, 1.54) is 120 Å². The fourth-order valence-corrected chi connectivity index (χ4v) is 12.0. The second-order valence-corrected chi connectivity index (χ2v) is 28.7. The van der Waals surface area contributed by atoms with Crippen LogP contribution in [0.5, 0.6) is 0 Å². The van der Waals surface area contributed by atoms with Gasteiger partial charge in [-0.05, 0) is 189 Å². The molecule has 0 nitrogen and oxygen atoms in total. The van der Waals surface area contributed by atoms with Gasteiger partial charge in [-0.1, -0.05) is 254 Å². The van der Waals surface area contributed by atoms with E-state index in [9.17, 15) is 0 Å². The molecule has 0 N–H and O–H groups in total. The molecule has 0 aliphatic carbocycles. The van der Waals surface area contributed by atoms with Crippen molar-refractivity contribution in [3.05, 3.63) is 174 Å². The Balaban J connectivity index is 1.25. The largest absolute Gasteiger partial charge is 0.0573 e. The molecule has 0 saturated heterocycles. The lowest BCUT2D eigenvalue weighted by molar-refractivity contribution is 0.590. The van der Waals surface area contributed by atoms with E-state index in [0.717, 1.165) is 8.95 Å². The fourth-order valence-electron chi connectivity index (χ4n) is 10.8. The second-order valence-electron chi connectivity index (χ2n) is 27.0. The SMILES string of the molecule is CC(C)(C)c1cc(/C=C/c2ccc(C(C)(C)C)c3c2ccc2c(Br)cc(C(C)(C)C)cc23)c2ccc3c(/C=C/c4ccc(C(C)(C)C)c5c4ccc4c(Br)cc(C(C)(C)C)cc45)cc(C(C)(C)C)cc3c2c1. The molecule has 0 amide bonds. The molecule has 370 valence electrons. The minimum absolute atomic E-state index is 0.0181. The molecule has 9 aromatic carbocycles. The van der Waals surface area contributed by atoms with Crippen LogP contribution in [0.15, 0.2) is 118 Å². The standard InChI is InChI=1S/C70H76Br2/c1-65(2,3)45-33-43(21-19-41-23-31-59(69(13,14)15)63-51(41)27-29-53-57(63)37-47(39-61(53)71)67(7,8)9)49-25-26-50-44(34-46(66(4,5)6)36-56(50)55(49)35-45)22-20-42-24-32-60(70(16,17)18)64-52(42)28-30-54-58(64)38-48(40-62(54)72)68(10,11)12/h19-40H,1-18H3/b21-19+,22-20+. The van der Waals surface area contributed by atoms with Gasteiger partial charge in [0.1, 0.15) is 0 Å². The Morgan fingerprint density at radius 1 is 0.250 bits per heavy atom. The van der Waals surface area contributed by atoms with Gasteiger partial charge in [-0.25, -0.2) is 0 Å². The zero-order valence-electron chi connectivity index (χ0n) is 46.5. The predicted octanol–water partition coefficient (Wildman–Crippen LogP) is 22.3. The van der Waals surface area contributed by atoms with Crippen molar-refractivity contribution in [3.8, 4) is 0 Å². The van der Waals surface area contributed by atoms with Crippen molar-refractivity contribution < 1.29 is 0 Å². The van der Waals surface area contributed by atoms with Crippen molar-refractivity contribution >= 4 is 121 Å². The van der Waals surface area contributed by atoms with Gasteiger partial charge >= 0.3 is 0 Å². The lowest BCUT2D eigenvalue weighted by Crippen LogP contribution is -2.13. The van der Waals surface area contributed by atoms with Crippen LogP contribution in [-0.4, -0.2) is 0 Å². The van der Waals surface area contributed by atoms with E-state index in [-0.39, 0.29) is 32.5 Å². The Hall–Kier alpha value is -5.02. The third-order valence-electron chi connectivity index (χ3n) is 15.3. The first-order valence-corrected chi connectivity index (χ1v) is 27.7. The summed E-state index contributed by atoms with van der Waals surface area (Å²) in [5.74, 6) is 0. The molecule has 0 aliphatic rings. The minimum atomic E-state index is -0.0604. The Bertz CT molecular complexity index is 3490. The molecule has 72 heavy (non-hydrogen) atoms. The molecule has 0 unspecified atom stereocenters. The van der Waals surface area contributed by atoms with Crippen LogP contribution in [0.1, 0.15) is 180 Å². The summed E-state index contributed by atoms with van der Waals surface area (Å²) in [7, 11) is 0. The average Bonchev–Trinajstić information content (AvgIpc) is 3.27. The molecule has 9 aromatic rings. The maximum Gasteiger partial charge on any atom is 0.0256 e. The number of rotatable bonds is 4. The summed E-state index contributed by atoms with van der Waals surface area (Å²) in [6, 6.07) is 42.9. The van der Waals surface area contributed by atoms with Gasteiger partial charge in [-0.15, -0.1) is 0 Å². The Labute approximate surface area is 448 Å². The highest BCUT2D eigenvalue weighted by molar-refractivity contribution is 9.11. The molecule has 0 aliphatic heterocycles. The Morgan fingerprint density at radius 3 is 0.847 bits per heavy atom. The summed E-state index contributed by atoms with van der Waals surface area (Å²) in [6.45, 7) is 42.0. The molecule has 0 saturated carbocycles. The summed E-state index contributed by atoms with van der Waals surface area (Å²) in [6.07, 6.45) is 9.51. The van der Waals surface area contributed by atoms with Crippen LogP contribution >= 0.6 is 31.9 Å². The van der Waals surface area contributed by atoms with E-state index >= 15 is 0 Å². The highest BCUT2D eigenvalue weighted by atomic mass is 79.9. The van der Waals surface area contributed by atoms with Crippen LogP contribution < -0.4 is 0 Å². The molecule has 2 heteroatoms. The van der Waals surface area contributed by atoms with Crippen molar-refractivity contribution in [3.63, 3.8) is 0 Å². The second kappa shape index (κ2) is 17.8. The summed E-state index contributed by atoms with van der Waals surface area (Å²) in [4.78, 5) is 0. The smallest absolute Gasteiger partial charge is 0.0256 e. The molecule has 9 rings (SSSR count). The summed E-state index contributed by atoms with van der Waals surface area (Å²) >= 11 is 7.99. The number of fused-ring (bicyclic) bond motifs is 9. The number of hydrogen-bond acceptors (Lipinski definition) is 0. The lowest BCUT2D eigenvalue weighted by atomic mass is 9.79. The van der Waals surface area contributed by atoms with Crippen LogP contribution in [0.25, 0.3) is 88.9 Å². The van der Waals surface area contributed by atoms with Crippen LogP contribution in [-0.2, 0) is 32.5 Å². The van der Waals surface area contributed by atoms with Crippen molar-refractivity contribution in [2.45, 2.75) is 157 Å². The van der Waals surface area contributed by atoms with Gasteiger partial charge < -0.3 is 0 Å². The van der Waals surface area contributed by atoms with Gasteiger partial charge in [0.05, 0.1) is 0 Å². The topological polar surface area (TPSA) is 0 Å². The van der Waals surface area contributed by atoms with Crippen molar-refractivity contribution in [2.24, 2.45) is 0 Å². The highest BCUT2D eigenvalue weighted by Crippen LogP contribution is 2.45. The third-order valence-corrected chi connectivity index (χ3v) is 16.6. The maximum absolute atomic E-state index is 4.00. The Kier molecular flexibility index (Phi) is 12.8. The van der Waals surface area contributed by atoms with Crippen LogP contribution in [0.3, 0.4) is 0 Å². The molecular formula is C70H76Br2. The average molecular weight is 1080 g/mol. The lowest BCUT2D eigenvalue weighted by Gasteiger charge is -2.25. The first-order valence-electron chi connectivity index (χ1n) is 26.1. The van der Waals surface area contributed by atoms with Crippen LogP contribution in [0.2, 0.25) is 0 Å². The van der Waals surface area contributed by atoms with Gasteiger partial charge in [0.15, 0.2) is 0 Å². The maximum atomic E-state index is 4.00. The Morgan fingerprint density at radius 2 is 0.528 bits per heavy atom. The quantitative estimate of drug-likeness (QED) is 0.122. The zero-order valence-corrected chi connectivity index (χ0v) is 49.6. The monoisotopic (exact) mass is 1070 g/mol. The fraction of sp³-hybridized carbons (Fsp3) is 0.343.